The molecule has 20 heavy (non-hydrogen) atoms. The van der Waals surface area contributed by atoms with Crippen LogP contribution in [-0.4, -0.2) is 41.8 Å². The van der Waals surface area contributed by atoms with Gasteiger partial charge in [-0.3, -0.25) is 4.90 Å². The van der Waals surface area contributed by atoms with Crippen molar-refractivity contribution in [3.63, 3.8) is 0 Å². The van der Waals surface area contributed by atoms with Crippen LogP contribution in [0.3, 0.4) is 0 Å². The molecule has 0 bridgehead atoms. The van der Waals surface area contributed by atoms with Crippen molar-refractivity contribution < 1.29 is 9.84 Å². The summed E-state index contributed by atoms with van der Waals surface area (Å²) in [5.74, 6) is 0.839. The monoisotopic (exact) mass is 339 g/mol. The number of piperidine rings is 1. The second-order valence-corrected chi connectivity index (χ2v) is 6.90. The molecule has 0 saturated carbocycles. The van der Waals surface area contributed by atoms with Crippen molar-refractivity contribution in [1.29, 1.82) is 0 Å². The van der Waals surface area contributed by atoms with E-state index in [1.165, 1.54) is 18.4 Å². The summed E-state index contributed by atoms with van der Waals surface area (Å²) in [4.78, 5) is 2.47. The van der Waals surface area contributed by atoms with Crippen LogP contribution in [0.4, 0.5) is 0 Å². The van der Waals surface area contributed by atoms with Crippen molar-refractivity contribution in [3.05, 3.63) is 28.2 Å². The van der Waals surface area contributed by atoms with Crippen LogP contribution < -0.4 is 4.74 Å². The van der Waals surface area contributed by atoms with Gasteiger partial charge in [0.05, 0.1) is 17.2 Å². The molecule has 2 heterocycles. The fourth-order valence-electron chi connectivity index (χ4n) is 3.75. The first-order valence-electron chi connectivity index (χ1n) is 7.41. The fourth-order valence-corrected chi connectivity index (χ4v) is 4.34. The lowest BCUT2D eigenvalue weighted by molar-refractivity contribution is -0.00887. The number of aliphatic hydroxyl groups is 1. The maximum Gasteiger partial charge on any atom is 0.133 e. The number of rotatable bonds is 3. The zero-order valence-electron chi connectivity index (χ0n) is 11.9. The number of fused-ring (bicyclic) bond motifs is 1. The van der Waals surface area contributed by atoms with Crippen molar-refractivity contribution in [2.24, 2.45) is 0 Å². The summed E-state index contributed by atoms with van der Waals surface area (Å²) in [6.45, 7) is 2.19. The van der Waals surface area contributed by atoms with E-state index in [-0.39, 0.29) is 0 Å². The molecule has 110 valence electrons. The van der Waals surface area contributed by atoms with Gasteiger partial charge in [-0.05, 0) is 59.4 Å². The number of ether oxygens (including phenoxy) is 1. The number of halogens is 1. The van der Waals surface area contributed by atoms with E-state index in [0.29, 0.717) is 6.04 Å². The Morgan fingerprint density at radius 3 is 3.00 bits per heavy atom. The average Bonchev–Trinajstić information content (AvgIpc) is 2.77. The van der Waals surface area contributed by atoms with E-state index in [1.807, 2.05) is 6.07 Å². The van der Waals surface area contributed by atoms with Gasteiger partial charge in [-0.15, -0.1) is 0 Å². The third-order valence-electron chi connectivity index (χ3n) is 4.79. The van der Waals surface area contributed by atoms with Crippen LogP contribution in [0.1, 0.15) is 31.2 Å². The third kappa shape index (κ3) is 2.61. The Hall–Kier alpha value is -0.580. The molecular weight excluding hydrogens is 318 g/mol. The van der Waals surface area contributed by atoms with Gasteiger partial charge in [-0.1, -0.05) is 12.5 Å². The topological polar surface area (TPSA) is 32.7 Å². The summed E-state index contributed by atoms with van der Waals surface area (Å²) in [6, 6.07) is 6.45. The highest BCUT2D eigenvalue weighted by atomic mass is 79.9. The molecule has 0 spiro atoms. The second-order valence-electron chi connectivity index (χ2n) is 6.05. The molecule has 2 unspecified atom stereocenters. The minimum atomic E-state index is -0.561. The predicted molar refractivity (Wildman–Crippen MR) is 83.2 cm³/mol. The molecule has 2 fully saturated rings. The summed E-state index contributed by atoms with van der Waals surface area (Å²) >= 11 is 3.53. The van der Waals surface area contributed by atoms with E-state index >= 15 is 0 Å². The lowest BCUT2D eigenvalue weighted by atomic mass is 9.84. The first-order chi connectivity index (χ1) is 9.62. The van der Waals surface area contributed by atoms with Crippen molar-refractivity contribution in [2.45, 2.75) is 43.7 Å². The van der Waals surface area contributed by atoms with Crippen molar-refractivity contribution in [1.82, 2.24) is 4.90 Å². The number of hydrogen-bond donors (Lipinski definition) is 1. The molecule has 0 radical (unpaired) electrons. The van der Waals surface area contributed by atoms with Gasteiger partial charge in [0.1, 0.15) is 5.75 Å². The molecular formula is C16H22BrNO2. The predicted octanol–water partition coefficient (Wildman–Crippen LogP) is 2.99. The summed E-state index contributed by atoms with van der Waals surface area (Å²) in [5.41, 5.74) is 0.613. The van der Waals surface area contributed by atoms with Crippen LogP contribution >= 0.6 is 15.9 Å². The van der Waals surface area contributed by atoms with E-state index in [1.54, 1.807) is 7.11 Å². The van der Waals surface area contributed by atoms with Crippen LogP contribution in [0.2, 0.25) is 0 Å². The Kier molecular flexibility index (Phi) is 4.07. The summed E-state index contributed by atoms with van der Waals surface area (Å²) in [5, 5.41) is 11.1. The number of nitrogens with zero attached hydrogens (tertiary/aromatic N) is 1. The van der Waals surface area contributed by atoms with Gasteiger partial charge in [0.15, 0.2) is 0 Å². The molecule has 1 N–H and O–H groups in total. The standard InChI is InChI=1S/C16H22BrNO2/c1-20-14-6-5-12(10-13(14)17)11-16(19)7-9-18-8-3-2-4-15(16)18/h5-6,10,15,19H,2-4,7-9,11H2,1H3. The summed E-state index contributed by atoms with van der Waals surface area (Å²) < 4.78 is 6.22. The highest BCUT2D eigenvalue weighted by molar-refractivity contribution is 9.10. The molecule has 0 aromatic heterocycles. The Balaban J connectivity index is 1.78. The van der Waals surface area contributed by atoms with Crippen molar-refractivity contribution in [2.75, 3.05) is 20.2 Å². The highest BCUT2D eigenvalue weighted by Gasteiger charge is 2.46. The lowest BCUT2D eigenvalue weighted by Crippen LogP contribution is -2.48. The second kappa shape index (κ2) is 5.66. The zero-order chi connectivity index (χ0) is 14.2. The molecule has 3 rings (SSSR count). The summed E-state index contributed by atoms with van der Waals surface area (Å²) in [6.07, 6.45) is 5.28. The minimum absolute atomic E-state index is 0.345. The first-order valence-corrected chi connectivity index (χ1v) is 8.20. The third-order valence-corrected chi connectivity index (χ3v) is 5.41. The van der Waals surface area contributed by atoms with Gasteiger partial charge in [-0.25, -0.2) is 0 Å². The smallest absolute Gasteiger partial charge is 0.133 e. The molecule has 3 nitrogen and oxygen atoms in total. The zero-order valence-corrected chi connectivity index (χ0v) is 13.5. The van der Waals surface area contributed by atoms with E-state index in [9.17, 15) is 5.11 Å². The Morgan fingerprint density at radius 2 is 2.25 bits per heavy atom. The van der Waals surface area contributed by atoms with Crippen LogP contribution in [0, 0.1) is 0 Å². The fraction of sp³-hybridized carbons (Fsp3) is 0.625. The van der Waals surface area contributed by atoms with E-state index in [2.05, 4.69) is 33.0 Å². The SMILES string of the molecule is COc1ccc(CC2(O)CCN3CCCCC32)cc1Br. The maximum absolute atomic E-state index is 11.1. The molecule has 4 heteroatoms. The molecule has 0 amide bonds. The normalized spacial score (nSPS) is 30.2. The summed E-state index contributed by atoms with van der Waals surface area (Å²) in [7, 11) is 1.67. The van der Waals surface area contributed by atoms with E-state index in [4.69, 9.17) is 4.74 Å². The highest BCUT2D eigenvalue weighted by Crippen LogP contribution is 2.38. The van der Waals surface area contributed by atoms with Crippen LogP contribution in [0.25, 0.3) is 0 Å². The Morgan fingerprint density at radius 1 is 1.40 bits per heavy atom. The molecule has 1 aromatic rings. The van der Waals surface area contributed by atoms with Gasteiger partial charge in [0.25, 0.3) is 0 Å². The number of benzene rings is 1. The minimum Gasteiger partial charge on any atom is -0.496 e. The molecule has 0 aliphatic carbocycles. The van der Waals surface area contributed by atoms with Crippen molar-refractivity contribution in [3.8, 4) is 5.75 Å². The van der Waals surface area contributed by atoms with Crippen LogP contribution in [0.15, 0.2) is 22.7 Å². The van der Waals surface area contributed by atoms with E-state index < -0.39 is 5.60 Å². The van der Waals surface area contributed by atoms with E-state index in [0.717, 1.165) is 42.6 Å². The van der Waals surface area contributed by atoms with Crippen LogP contribution in [-0.2, 0) is 6.42 Å². The number of hydrogen-bond acceptors (Lipinski definition) is 3. The molecule has 1 aromatic carbocycles. The molecule has 2 saturated heterocycles. The largest absolute Gasteiger partial charge is 0.496 e. The molecule has 2 atom stereocenters. The van der Waals surface area contributed by atoms with Crippen LogP contribution in [0.5, 0.6) is 5.75 Å². The van der Waals surface area contributed by atoms with Gasteiger partial charge < -0.3 is 9.84 Å². The quantitative estimate of drug-likeness (QED) is 0.918. The Labute approximate surface area is 129 Å². The average molecular weight is 340 g/mol. The van der Waals surface area contributed by atoms with Gasteiger partial charge in [0.2, 0.25) is 0 Å². The Bertz CT molecular complexity index is 493. The molecule has 2 aliphatic heterocycles. The molecule has 2 aliphatic rings. The first kappa shape index (κ1) is 14.4. The van der Waals surface area contributed by atoms with Gasteiger partial charge >= 0.3 is 0 Å². The lowest BCUT2D eigenvalue weighted by Gasteiger charge is -2.37. The maximum atomic E-state index is 11.1. The number of methoxy groups -OCH3 is 1. The van der Waals surface area contributed by atoms with Crippen molar-refractivity contribution >= 4 is 15.9 Å². The van der Waals surface area contributed by atoms with Gasteiger partial charge in [-0.2, -0.15) is 0 Å². The van der Waals surface area contributed by atoms with Gasteiger partial charge in [0, 0.05) is 19.0 Å².